The summed E-state index contributed by atoms with van der Waals surface area (Å²) in [6.45, 7) is 0.156. The van der Waals surface area contributed by atoms with Gasteiger partial charge in [-0.3, -0.25) is 14.6 Å². The minimum absolute atomic E-state index is 0.0253. The second kappa shape index (κ2) is 8.93. The maximum Gasteiger partial charge on any atom is 0.295 e. The van der Waals surface area contributed by atoms with Crippen LogP contribution in [0, 0.1) is 0 Å². The van der Waals surface area contributed by atoms with Gasteiger partial charge in [0.25, 0.3) is 11.7 Å². The first kappa shape index (κ1) is 21.1. The number of hydrogen-bond acceptors (Lipinski definition) is 6. The van der Waals surface area contributed by atoms with E-state index < -0.39 is 17.7 Å². The van der Waals surface area contributed by atoms with E-state index in [4.69, 9.17) is 9.47 Å². The summed E-state index contributed by atoms with van der Waals surface area (Å²) >= 11 is 0. The van der Waals surface area contributed by atoms with Gasteiger partial charge in [-0.15, -0.1) is 0 Å². The highest BCUT2D eigenvalue weighted by molar-refractivity contribution is 6.46. The molecule has 162 valence electrons. The molecule has 1 atom stereocenters. The molecule has 1 amide bonds. The van der Waals surface area contributed by atoms with Crippen molar-refractivity contribution in [3.63, 3.8) is 0 Å². The molecule has 1 fully saturated rings. The van der Waals surface area contributed by atoms with E-state index in [2.05, 4.69) is 4.98 Å². The van der Waals surface area contributed by atoms with Crippen LogP contribution < -0.4 is 9.47 Å². The first-order valence-electron chi connectivity index (χ1n) is 9.99. The van der Waals surface area contributed by atoms with Gasteiger partial charge >= 0.3 is 0 Å². The molecule has 2 heterocycles. The van der Waals surface area contributed by atoms with Gasteiger partial charge in [0.05, 0.1) is 25.8 Å². The normalized spacial score (nSPS) is 17.4. The molecule has 2 aromatic carbocycles. The van der Waals surface area contributed by atoms with Crippen molar-refractivity contribution in [3.8, 4) is 11.5 Å². The Hall–Kier alpha value is -4.13. The Balaban J connectivity index is 1.89. The lowest BCUT2D eigenvalue weighted by Gasteiger charge is -2.26. The van der Waals surface area contributed by atoms with Gasteiger partial charge in [-0.05, 0) is 29.3 Å². The van der Waals surface area contributed by atoms with Crippen molar-refractivity contribution in [1.29, 1.82) is 0 Å². The van der Waals surface area contributed by atoms with Crippen LogP contribution in [0.25, 0.3) is 5.76 Å². The standard InChI is InChI=1S/C25H22N2O5/c1-31-19-11-10-18(13-20(19)32-2)22-21(23(28)17-8-4-3-5-9-17)24(29)25(30)27(22)15-16-7-6-12-26-14-16/h3-14,22,28H,15H2,1-2H3/b23-21-. The number of hydrogen-bond donors (Lipinski definition) is 1. The molecule has 7 heteroatoms. The summed E-state index contributed by atoms with van der Waals surface area (Å²) in [5.74, 6) is -0.682. The molecule has 1 aliphatic heterocycles. The average molecular weight is 430 g/mol. The molecule has 1 saturated heterocycles. The van der Waals surface area contributed by atoms with Gasteiger partial charge in [-0.1, -0.05) is 42.5 Å². The van der Waals surface area contributed by atoms with Crippen LogP contribution >= 0.6 is 0 Å². The summed E-state index contributed by atoms with van der Waals surface area (Å²) in [5.41, 5.74) is 1.86. The number of ether oxygens (including phenoxy) is 2. The summed E-state index contributed by atoms with van der Waals surface area (Å²) < 4.78 is 10.7. The lowest BCUT2D eigenvalue weighted by Crippen LogP contribution is -2.29. The summed E-state index contributed by atoms with van der Waals surface area (Å²) in [4.78, 5) is 31.7. The Bertz CT molecular complexity index is 1180. The lowest BCUT2D eigenvalue weighted by molar-refractivity contribution is -0.140. The highest BCUT2D eigenvalue weighted by Crippen LogP contribution is 2.42. The Morgan fingerprint density at radius 3 is 2.41 bits per heavy atom. The van der Waals surface area contributed by atoms with E-state index in [0.29, 0.717) is 22.6 Å². The fraction of sp³-hybridized carbons (Fsp3) is 0.160. The molecule has 0 saturated carbocycles. The van der Waals surface area contributed by atoms with Gasteiger partial charge < -0.3 is 19.5 Å². The predicted molar refractivity (Wildman–Crippen MR) is 118 cm³/mol. The fourth-order valence-corrected chi connectivity index (χ4v) is 3.85. The minimum Gasteiger partial charge on any atom is -0.507 e. The molecule has 0 spiro atoms. The zero-order chi connectivity index (χ0) is 22.7. The van der Waals surface area contributed by atoms with Crippen LogP contribution in [0.3, 0.4) is 0 Å². The molecule has 4 rings (SSSR count). The number of methoxy groups -OCH3 is 2. The third kappa shape index (κ3) is 3.80. The van der Waals surface area contributed by atoms with E-state index in [0.717, 1.165) is 5.56 Å². The van der Waals surface area contributed by atoms with Crippen molar-refractivity contribution < 1.29 is 24.2 Å². The Kier molecular flexibility index (Phi) is 5.89. The number of ketones is 1. The van der Waals surface area contributed by atoms with Crippen molar-refractivity contribution in [1.82, 2.24) is 9.88 Å². The number of carbonyl (C=O) groups is 2. The lowest BCUT2D eigenvalue weighted by atomic mass is 9.95. The third-order valence-electron chi connectivity index (χ3n) is 5.39. The SMILES string of the molecule is COc1ccc(C2/C(=C(/O)c3ccccc3)C(=O)C(=O)N2Cc2cccnc2)cc1OC. The van der Waals surface area contributed by atoms with Crippen molar-refractivity contribution in [2.24, 2.45) is 0 Å². The van der Waals surface area contributed by atoms with Crippen molar-refractivity contribution in [2.75, 3.05) is 14.2 Å². The van der Waals surface area contributed by atoms with Gasteiger partial charge in [0.15, 0.2) is 11.5 Å². The third-order valence-corrected chi connectivity index (χ3v) is 5.39. The molecular formula is C25H22N2O5. The van der Waals surface area contributed by atoms with Gasteiger partial charge in [0, 0.05) is 24.5 Å². The monoisotopic (exact) mass is 430 g/mol. The summed E-state index contributed by atoms with van der Waals surface area (Å²) in [7, 11) is 3.04. The van der Waals surface area contributed by atoms with E-state index in [-0.39, 0.29) is 17.9 Å². The number of rotatable bonds is 6. The number of aliphatic hydroxyl groups excluding tert-OH is 1. The molecule has 0 aliphatic carbocycles. The van der Waals surface area contributed by atoms with Crippen molar-refractivity contribution in [2.45, 2.75) is 12.6 Å². The zero-order valence-electron chi connectivity index (χ0n) is 17.7. The van der Waals surface area contributed by atoms with Gasteiger partial charge in [-0.25, -0.2) is 0 Å². The number of likely N-dealkylation sites (tertiary alicyclic amines) is 1. The minimum atomic E-state index is -0.810. The summed E-state index contributed by atoms with van der Waals surface area (Å²) in [5, 5.41) is 11.1. The molecule has 7 nitrogen and oxygen atoms in total. The molecule has 1 aliphatic rings. The smallest absolute Gasteiger partial charge is 0.295 e. The maximum atomic E-state index is 13.1. The van der Waals surface area contributed by atoms with E-state index in [1.165, 1.54) is 19.1 Å². The molecule has 32 heavy (non-hydrogen) atoms. The fourth-order valence-electron chi connectivity index (χ4n) is 3.85. The van der Waals surface area contributed by atoms with Crippen LogP contribution in [-0.4, -0.2) is 40.9 Å². The largest absolute Gasteiger partial charge is 0.507 e. The number of Topliss-reactive ketones (excluding diaryl/α,β-unsaturated/α-hetero) is 1. The topological polar surface area (TPSA) is 89.0 Å². The van der Waals surface area contributed by atoms with E-state index in [9.17, 15) is 14.7 Å². The molecule has 3 aromatic rings. The first-order valence-corrected chi connectivity index (χ1v) is 9.99. The number of pyridine rings is 1. The van der Waals surface area contributed by atoms with Crippen LogP contribution in [0.2, 0.25) is 0 Å². The number of nitrogens with zero attached hydrogens (tertiary/aromatic N) is 2. The second-order valence-corrected chi connectivity index (χ2v) is 7.27. The molecule has 0 radical (unpaired) electrons. The second-order valence-electron chi connectivity index (χ2n) is 7.27. The number of aromatic nitrogens is 1. The van der Waals surface area contributed by atoms with Crippen LogP contribution in [0.1, 0.15) is 22.7 Å². The van der Waals surface area contributed by atoms with Gasteiger partial charge in [-0.2, -0.15) is 0 Å². The average Bonchev–Trinajstić information content (AvgIpc) is 3.09. The van der Waals surface area contributed by atoms with E-state index in [1.54, 1.807) is 60.9 Å². The summed E-state index contributed by atoms with van der Waals surface area (Å²) in [6, 6.07) is 16.7. The van der Waals surface area contributed by atoms with Crippen molar-refractivity contribution in [3.05, 3.63) is 95.3 Å². The highest BCUT2D eigenvalue weighted by Gasteiger charge is 2.46. The van der Waals surface area contributed by atoms with Gasteiger partial charge in [0.2, 0.25) is 0 Å². The number of amides is 1. The van der Waals surface area contributed by atoms with Crippen molar-refractivity contribution >= 4 is 17.4 Å². The maximum absolute atomic E-state index is 13.1. The predicted octanol–water partition coefficient (Wildman–Crippen LogP) is 3.72. The van der Waals surface area contributed by atoms with Crippen LogP contribution in [-0.2, 0) is 16.1 Å². The molecule has 0 bridgehead atoms. The van der Waals surface area contributed by atoms with Gasteiger partial charge in [0.1, 0.15) is 5.76 Å². The van der Waals surface area contributed by atoms with Crippen LogP contribution in [0.15, 0.2) is 78.6 Å². The quantitative estimate of drug-likeness (QED) is 0.364. The number of carbonyl (C=O) groups excluding carboxylic acids is 2. The van der Waals surface area contributed by atoms with E-state index >= 15 is 0 Å². The first-order chi connectivity index (χ1) is 15.5. The molecular weight excluding hydrogens is 408 g/mol. The van der Waals surface area contributed by atoms with Crippen LogP contribution in [0.4, 0.5) is 0 Å². The molecule has 1 unspecified atom stereocenters. The zero-order valence-corrected chi connectivity index (χ0v) is 17.7. The number of aliphatic hydroxyl groups is 1. The molecule has 1 N–H and O–H groups in total. The Labute approximate surface area is 185 Å². The van der Waals surface area contributed by atoms with Crippen LogP contribution in [0.5, 0.6) is 11.5 Å². The Morgan fingerprint density at radius 2 is 1.75 bits per heavy atom. The summed E-state index contributed by atoms with van der Waals surface area (Å²) in [6.07, 6.45) is 3.28. The Morgan fingerprint density at radius 1 is 1.00 bits per heavy atom. The highest BCUT2D eigenvalue weighted by atomic mass is 16.5. The van der Waals surface area contributed by atoms with E-state index in [1.807, 2.05) is 12.1 Å². The molecule has 1 aromatic heterocycles. The number of benzene rings is 2.